The molecule has 0 atom stereocenters. The Balaban J connectivity index is 1.56. The number of halogens is 2. The molecule has 0 heterocycles. The Morgan fingerprint density at radius 3 is 2.35 bits per heavy atom. The Labute approximate surface area is 201 Å². The number of benzene rings is 4. The van der Waals surface area contributed by atoms with Crippen molar-refractivity contribution in [3.63, 3.8) is 0 Å². The van der Waals surface area contributed by atoms with E-state index >= 15 is 0 Å². The van der Waals surface area contributed by atoms with E-state index in [2.05, 4.69) is 12.2 Å². The van der Waals surface area contributed by atoms with E-state index in [1.54, 1.807) is 30.3 Å². The van der Waals surface area contributed by atoms with Gasteiger partial charge in [-0.05, 0) is 78.7 Å². The minimum absolute atomic E-state index is 0.160. The zero-order valence-electron chi connectivity index (χ0n) is 18.6. The third-order valence-corrected chi connectivity index (χ3v) is 6.06. The number of nitrogens with one attached hydrogen (secondary N) is 1. The number of anilines is 1. The predicted molar refractivity (Wildman–Crippen MR) is 135 cm³/mol. The number of carbonyl (C=O) groups is 1. The highest BCUT2D eigenvalue weighted by molar-refractivity contribution is 7.78. The van der Waals surface area contributed by atoms with Gasteiger partial charge in [0.25, 0.3) is 0 Å². The lowest BCUT2D eigenvalue weighted by atomic mass is 10.0. The molecule has 0 saturated carbocycles. The molecule has 6 heteroatoms. The van der Waals surface area contributed by atoms with Crippen LogP contribution in [0.5, 0.6) is 11.5 Å². The standard InChI is InChI=1S/C28H23F2NO2S/c1-2-34-25-13-6-19(7-14-25)16-28(32)31-23-10-15-26(20-4-3-5-22(30)17-20)27(18-23)33-24-11-8-21(29)9-12-24/h3-15,17-18H,2,16H2,1H3,(H,31,32)/p+1. The van der Waals surface area contributed by atoms with E-state index in [0.717, 1.165) is 11.3 Å². The highest BCUT2D eigenvalue weighted by atomic mass is 32.2. The van der Waals surface area contributed by atoms with Gasteiger partial charge in [-0.25, -0.2) is 8.78 Å². The molecule has 0 radical (unpaired) electrons. The Morgan fingerprint density at radius 2 is 1.65 bits per heavy atom. The van der Waals surface area contributed by atoms with Crippen molar-refractivity contribution in [2.75, 3.05) is 11.1 Å². The maximum Gasteiger partial charge on any atom is 0.228 e. The first-order valence-electron chi connectivity index (χ1n) is 10.9. The van der Waals surface area contributed by atoms with Crippen LogP contribution in [0.4, 0.5) is 14.5 Å². The SMILES string of the molecule is CC[SH+]c1ccc(CC(=O)Nc2ccc(-c3cccc(F)c3)c(Oc3ccc(F)cc3)c2)cc1. The van der Waals surface area contributed by atoms with Gasteiger partial charge in [-0.15, -0.1) is 0 Å². The average molecular weight is 477 g/mol. The van der Waals surface area contributed by atoms with Crippen molar-refractivity contribution in [3.05, 3.63) is 108 Å². The fourth-order valence-electron chi connectivity index (χ4n) is 3.50. The number of amides is 1. The largest absolute Gasteiger partial charge is 0.457 e. The number of rotatable bonds is 8. The molecule has 3 nitrogen and oxygen atoms in total. The molecule has 172 valence electrons. The summed E-state index contributed by atoms with van der Waals surface area (Å²) < 4.78 is 33.2. The second-order valence-corrected chi connectivity index (χ2v) is 9.11. The molecule has 4 aromatic carbocycles. The lowest BCUT2D eigenvalue weighted by molar-refractivity contribution is -0.115. The summed E-state index contributed by atoms with van der Waals surface area (Å²) in [4.78, 5) is 13.9. The summed E-state index contributed by atoms with van der Waals surface area (Å²) in [5.41, 5.74) is 2.74. The van der Waals surface area contributed by atoms with Crippen LogP contribution in [0.3, 0.4) is 0 Å². The van der Waals surface area contributed by atoms with Gasteiger partial charge < -0.3 is 10.1 Å². The molecule has 0 saturated heterocycles. The van der Waals surface area contributed by atoms with E-state index in [4.69, 9.17) is 4.74 Å². The van der Waals surface area contributed by atoms with Gasteiger partial charge >= 0.3 is 0 Å². The van der Waals surface area contributed by atoms with Crippen molar-refractivity contribution in [3.8, 4) is 22.6 Å². The van der Waals surface area contributed by atoms with Crippen LogP contribution in [0.25, 0.3) is 11.1 Å². The molecule has 4 rings (SSSR count). The Hall–Kier alpha value is -3.64. The predicted octanol–water partition coefficient (Wildman–Crippen LogP) is 6.80. The smallest absolute Gasteiger partial charge is 0.228 e. The monoisotopic (exact) mass is 476 g/mol. The molecule has 4 aromatic rings. The highest BCUT2D eigenvalue weighted by Gasteiger charge is 2.12. The molecule has 0 bridgehead atoms. The van der Waals surface area contributed by atoms with Crippen molar-refractivity contribution in [2.24, 2.45) is 0 Å². The first-order chi connectivity index (χ1) is 16.5. The molecule has 1 N–H and O–H groups in total. The summed E-state index contributed by atoms with van der Waals surface area (Å²) in [5, 5.41) is 2.90. The first kappa shape index (κ1) is 23.5. The van der Waals surface area contributed by atoms with Gasteiger partial charge in [0.05, 0.1) is 6.42 Å². The first-order valence-corrected chi connectivity index (χ1v) is 12.0. The molecular weight excluding hydrogens is 452 g/mol. The van der Waals surface area contributed by atoms with Gasteiger partial charge in [0, 0.05) is 29.1 Å². The minimum Gasteiger partial charge on any atom is -0.457 e. The summed E-state index contributed by atoms with van der Waals surface area (Å²) in [6.07, 6.45) is 0.239. The topological polar surface area (TPSA) is 38.3 Å². The van der Waals surface area contributed by atoms with Crippen molar-refractivity contribution >= 4 is 23.4 Å². The lowest BCUT2D eigenvalue weighted by Crippen LogP contribution is -2.14. The van der Waals surface area contributed by atoms with Gasteiger partial charge in [-0.3, -0.25) is 4.79 Å². The summed E-state index contributed by atoms with van der Waals surface area (Å²) in [6, 6.07) is 25.0. The number of ether oxygens (including phenoxy) is 1. The zero-order chi connectivity index (χ0) is 23.9. The van der Waals surface area contributed by atoms with Crippen LogP contribution in [0.2, 0.25) is 0 Å². The van der Waals surface area contributed by atoms with Crippen LogP contribution < -0.4 is 10.1 Å². The van der Waals surface area contributed by atoms with Crippen molar-refractivity contribution in [1.29, 1.82) is 0 Å². The van der Waals surface area contributed by atoms with Crippen LogP contribution in [0.1, 0.15) is 12.5 Å². The molecular formula is C28H24F2NO2S+. The fraction of sp³-hybridized carbons (Fsp3) is 0.107. The van der Waals surface area contributed by atoms with Crippen molar-refractivity contribution in [2.45, 2.75) is 18.2 Å². The van der Waals surface area contributed by atoms with E-state index in [-0.39, 0.29) is 24.0 Å². The number of carbonyl (C=O) groups excluding carboxylic acids is 1. The second-order valence-electron chi connectivity index (χ2n) is 7.64. The van der Waals surface area contributed by atoms with E-state index < -0.39 is 0 Å². The molecule has 34 heavy (non-hydrogen) atoms. The quantitative estimate of drug-likeness (QED) is 0.224. The van der Waals surface area contributed by atoms with E-state index in [1.165, 1.54) is 53.1 Å². The van der Waals surface area contributed by atoms with Gasteiger partial charge in [0.15, 0.2) is 4.90 Å². The van der Waals surface area contributed by atoms with Crippen LogP contribution >= 0.6 is 0 Å². The van der Waals surface area contributed by atoms with Gasteiger partial charge in [-0.1, -0.05) is 24.3 Å². The normalized spacial score (nSPS) is 10.7. The van der Waals surface area contributed by atoms with Crippen LogP contribution in [-0.4, -0.2) is 11.7 Å². The molecule has 0 aliphatic heterocycles. The molecule has 0 aliphatic carbocycles. The molecule has 0 aliphatic rings. The van der Waals surface area contributed by atoms with Gasteiger partial charge in [0.1, 0.15) is 28.9 Å². The van der Waals surface area contributed by atoms with E-state index in [1.807, 2.05) is 24.3 Å². The third-order valence-electron chi connectivity index (χ3n) is 5.08. The number of hydrogen-bond acceptors (Lipinski definition) is 2. The average Bonchev–Trinajstić information content (AvgIpc) is 2.82. The van der Waals surface area contributed by atoms with Crippen LogP contribution in [0, 0.1) is 11.6 Å². The molecule has 1 amide bonds. The van der Waals surface area contributed by atoms with E-state index in [9.17, 15) is 13.6 Å². The van der Waals surface area contributed by atoms with Crippen LogP contribution in [0.15, 0.2) is 95.9 Å². The maximum absolute atomic E-state index is 13.8. The Bertz CT molecular complexity index is 1270. The summed E-state index contributed by atoms with van der Waals surface area (Å²) in [7, 11) is 0. The number of hydrogen-bond donors (Lipinski definition) is 1. The summed E-state index contributed by atoms with van der Waals surface area (Å²) in [5.74, 6) is 0.986. The lowest BCUT2D eigenvalue weighted by Gasteiger charge is -2.14. The minimum atomic E-state index is -0.374. The Kier molecular flexibility index (Phi) is 7.60. The fourth-order valence-corrected chi connectivity index (χ4v) is 4.23. The number of thiol groups is 1. The second kappa shape index (κ2) is 11.0. The molecule has 0 aromatic heterocycles. The van der Waals surface area contributed by atoms with Crippen molar-refractivity contribution < 1.29 is 18.3 Å². The van der Waals surface area contributed by atoms with Crippen LogP contribution in [-0.2, 0) is 23.0 Å². The van der Waals surface area contributed by atoms with Gasteiger partial charge in [-0.2, -0.15) is 0 Å². The molecule has 0 spiro atoms. The third kappa shape index (κ3) is 6.23. The highest BCUT2D eigenvalue weighted by Crippen LogP contribution is 2.36. The van der Waals surface area contributed by atoms with E-state index in [0.29, 0.717) is 28.3 Å². The van der Waals surface area contributed by atoms with Gasteiger partial charge in [0.2, 0.25) is 5.91 Å². The molecule has 0 unspecified atom stereocenters. The van der Waals surface area contributed by atoms with Crippen molar-refractivity contribution in [1.82, 2.24) is 0 Å². The maximum atomic E-state index is 13.8. The summed E-state index contributed by atoms with van der Waals surface area (Å²) >= 11 is 1.26. The Morgan fingerprint density at radius 1 is 0.882 bits per heavy atom. The zero-order valence-corrected chi connectivity index (χ0v) is 19.5. The molecule has 0 fully saturated rings. The summed E-state index contributed by atoms with van der Waals surface area (Å²) in [6.45, 7) is 2.12.